The van der Waals surface area contributed by atoms with Crippen LogP contribution in [0, 0.1) is 0 Å². The summed E-state index contributed by atoms with van der Waals surface area (Å²) >= 11 is 1.81. The van der Waals surface area contributed by atoms with Crippen molar-refractivity contribution in [3.8, 4) is 0 Å². The molecule has 0 aliphatic heterocycles. The molecule has 3 rings (SSSR count). The molecule has 18 heavy (non-hydrogen) atoms. The average molecular weight is 266 g/mol. The molecule has 3 nitrogen and oxygen atoms in total. The molecule has 0 radical (unpaired) electrons. The highest BCUT2D eigenvalue weighted by atomic mass is 32.1. The normalized spacial score (nSPS) is 24.2. The van der Waals surface area contributed by atoms with Crippen molar-refractivity contribution in [1.82, 2.24) is 4.98 Å². The SMILES string of the molecule is CCN(c1nc2c(s1)CCCC2O)C1CCCC1. The van der Waals surface area contributed by atoms with Crippen LogP contribution in [0.1, 0.15) is 62.1 Å². The quantitative estimate of drug-likeness (QED) is 0.912. The summed E-state index contributed by atoms with van der Waals surface area (Å²) in [4.78, 5) is 8.52. The number of fused-ring (bicyclic) bond motifs is 1. The van der Waals surface area contributed by atoms with Crippen LogP contribution in [-0.4, -0.2) is 22.7 Å². The molecule has 0 saturated heterocycles. The smallest absolute Gasteiger partial charge is 0.186 e. The van der Waals surface area contributed by atoms with Gasteiger partial charge in [-0.25, -0.2) is 4.98 Å². The summed E-state index contributed by atoms with van der Waals surface area (Å²) in [6.45, 7) is 3.25. The van der Waals surface area contributed by atoms with E-state index in [9.17, 15) is 5.11 Å². The summed E-state index contributed by atoms with van der Waals surface area (Å²) in [6, 6.07) is 0.680. The van der Waals surface area contributed by atoms with Crippen molar-refractivity contribution in [2.75, 3.05) is 11.4 Å². The number of aryl methyl sites for hydroxylation is 1. The summed E-state index contributed by atoms with van der Waals surface area (Å²) < 4.78 is 0. The first kappa shape index (κ1) is 12.4. The third-order valence-corrected chi connectivity index (χ3v) is 5.43. The van der Waals surface area contributed by atoms with Crippen molar-refractivity contribution in [2.45, 2.75) is 64.0 Å². The molecule has 0 bridgehead atoms. The molecular formula is C14H22N2OS. The molecule has 1 aromatic heterocycles. The lowest BCUT2D eigenvalue weighted by Crippen LogP contribution is -2.32. The highest BCUT2D eigenvalue weighted by Gasteiger charge is 2.28. The maximum Gasteiger partial charge on any atom is 0.186 e. The Kier molecular flexibility index (Phi) is 3.57. The lowest BCUT2D eigenvalue weighted by atomic mass is 10.0. The number of nitrogens with zero attached hydrogens (tertiary/aromatic N) is 2. The van der Waals surface area contributed by atoms with E-state index in [1.165, 1.54) is 30.6 Å². The number of aliphatic hydroxyl groups is 1. The number of aromatic nitrogens is 1. The van der Waals surface area contributed by atoms with Crippen molar-refractivity contribution in [3.63, 3.8) is 0 Å². The van der Waals surface area contributed by atoms with E-state index in [4.69, 9.17) is 4.98 Å². The molecule has 1 saturated carbocycles. The Labute approximate surface area is 113 Å². The Balaban J connectivity index is 1.86. The van der Waals surface area contributed by atoms with Gasteiger partial charge in [-0.15, -0.1) is 11.3 Å². The van der Waals surface area contributed by atoms with Crippen molar-refractivity contribution >= 4 is 16.5 Å². The van der Waals surface area contributed by atoms with E-state index in [2.05, 4.69) is 11.8 Å². The predicted molar refractivity (Wildman–Crippen MR) is 75.3 cm³/mol. The van der Waals surface area contributed by atoms with Crippen LogP contribution in [0.3, 0.4) is 0 Å². The highest BCUT2D eigenvalue weighted by Crippen LogP contribution is 2.38. The van der Waals surface area contributed by atoms with Crippen LogP contribution in [0.4, 0.5) is 5.13 Å². The number of aliphatic hydroxyl groups excluding tert-OH is 1. The van der Waals surface area contributed by atoms with Gasteiger partial charge in [0.05, 0.1) is 11.8 Å². The monoisotopic (exact) mass is 266 g/mol. The Morgan fingerprint density at radius 2 is 2.06 bits per heavy atom. The van der Waals surface area contributed by atoms with Crippen molar-refractivity contribution in [1.29, 1.82) is 0 Å². The maximum absolute atomic E-state index is 10.0. The van der Waals surface area contributed by atoms with Crippen LogP contribution >= 0.6 is 11.3 Å². The van der Waals surface area contributed by atoms with E-state index in [1.54, 1.807) is 0 Å². The molecule has 2 aliphatic carbocycles. The second-order valence-corrected chi connectivity index (χ2v) is 6.50. The molecule has 1 heterocycles. The Morgan fingerprint density at radius 1 is 1.28 bits per heavy atom. The topological polar surface area (TPSA) is 36.4 Å². The van der Waals surface area contributed by atoms with E-state index in [0.29, 0.717) is 6.04 Å². The van der Waals surface area contributed by atoms with E-state index in [-0.39, 0.29) is 6.10 Å². The minimum Gasteiger partial charge on any atom is -0.387 e. The minimum absolute atomic E-state index is 0.318. The van der Waals surface area contributed by atoms with E-state index < -0.39 is 0 Å². The minimum atomic E-state index is -0.318. The van der Waals surface area contributed by atoms with Gasteiger partial charge in [-0.3, -0.25) is 0 Å². The molecular weight excluding hydrogens is 244 g/mol. The lowest BCUT2D eigenvalue weighted by Gasteiger charge is -2.26. The van der Waals surface area contributed by atoms with Gasteiger partial charge in [0, 0.05) is 17.5 Å². The standard InChI is InChI=1S/C14H22N2OS/c1-2-16(10-6-3-4-7-10)14-15-13-11(17)8-5-9-12(13)18-14/h10-11,17H,2-9H2,1H3. The zero-order valence-corrected chi connectivity index (χ0v) is 11.9. The summed E-state index contributed by atoms with van der Waals surface area (Å²) in [6.07, 6.45) is 8.09. The van der Waals surface area contributed by atoms with Crippen molar-refractivity contribution in [3.05, 3.63) is 10.6 Å². The lowest BCUT2D eigenvalue weighted by molar-refractivity contribution is 0.153. The van der Waals surface area contributed by atoms with Gasteiger partial charge in [0.25, 0.3) is 0 Å². The number of hydrogen-bond acceptors (Lipinski definition) is 4. The van der Waals surface area contributed by atoms with Gasteiger partial charge >= 0.3 is 0 Å². The molecule has 4 heteroatoms. The van der Waals surface area contributed by atoms with Crippen LogP contribution in [-0.2, 0) is 6.42 Å². The van der Waals surface area contributed by atoms with Crippen LogP contribution in [0.15, 0.2) is 0 Å². The van der Waals surface area contributed by atoms with Gasteiger partial charge in [0.15, 0.2) is 5.13 Å². The zero-order chi connectivity index (χ0) is 12.5. The third kappa shape index (κ3) is 2.16. The number of anilines is 1. The molecule has 1 aromatic rings. The van der Waals surface area contributed by atoms with Crippen molar-refractivity contribution < 1.29 is 5.11 Å². The maximum atomic E-state index is 10.0. The Bertz CT molecular complexity index is 412. The van der Waals surface area contributed by atoms with E-state index in [0.717, 1.165) is 36.6 Å². The fraction of sp³-hybridized carbons (Fsp3) is 0.786. The van der Waals surface area contributed by atoms with E-state index in [1.807, 2.05) is 11.3 Å². The van der Waals surface area contributed by atoms with E-state index >= 15 is 0 Å². The van der Waals surface area contributed by atoms with Crippen LogP contribution in [0.5, 0.6) is 0 Å². The fourth-order valence-corrected chi connectivity index (χ4v) is 4.56. The summed E-state index contributed by atoms with van der Waals surface area (Å²) in [5.41, 5.74) is 0.970. The van der Waals surface area contributed by atoms with Gasteiger partial charge in [0.2, 0.25) is 0 Å². The molecule has 0 spiro atoms. The Hall–Kier alpha value is -0.610. The average Bonchev–Trinajstić information content (AvgIpc) is 3.00. The van der Waals surface area contributed by atoms with Crippen LogP contribution in [0.2, 0.25) is 0 Å². The molecule has 0 amide bonds. The number of thiazole rings is 1. The second kappa shape index (κ2) is 5.17. The summed E-state index contributed by atoms with van der Waals surface area (Å²) in [5.74, 6) is 0. The number of hydrogen-bond donors (Lipinski definition) is 1. The highest BCUT2D eigenvalue weighted by molar-refractivity contribution is 7.15. The van der Waals surface area contributed by atoms with Gasteiger partial charge in [-0.1, -0.05) is 12.8 Å². The first-order valence-electron chi connectivity index (χ1n) is 7.24. The third-order valence-electron chi connectivity index (χ3n) is 4.27. The van der Waals surface area contributed by atoms with Gasteiger partial charge in [-0.05, 0) is 39.0 Å². The molecule has 1 unspecified atom stereocenters. The molecule has 2 aliphatic rings. The second-order valence-electron chi connectivity index (χ2n) is 5.44. The van der Waals surface area contributed by atoms with Gasteiger partial charge in [0.1, 0.15) is 0 Å². The fourth-order valence-electron chi connectivity index (χ4n) is 3.27. The van der Waals surface area contributed by atoms with Crippen LogP contribution in [0.25, 0.3) is 0 Å². The molecule has 1 N–H and O–H groups in total. The van der Waals surface area contributed by atoms with Crippen LogP contribution < -0.4 is 4.90 Å². The largest absolute Gasteiger partial charge is 0.387 e. The zero-order valence-electron chi connectivity index (χ0n) is 11.1. The molecule has 1 fully saturated rings. The van der Waals surface area contributed by atoms with Gasteiger partial charge in [-0.2, -0.15) is 0 Å². The predicted octanol–water partition coefficient (Wildman–Crippen LogP) is 3.28. The molecule has 0 aromatic carbocycles. The van der Waals surface area contributed by atoms with Gasteiger partial charge < -0.3 is 10.0 Å². The van der Waals surface area contributed by atoms with Crippen molar-refractivity contribution in [2.24, 2.45) is 0 Å². The summed E-state index contributed by atoms with van der Waals surface area (Å²) in [7, 11) is 0. The molecule has 1 atom stereocenters. The molecule has 100 valence electrons. The first-order chi connectivity index (χ1) is 8.79. The number of rotatable bonds is 3. The first-order valence-corrected chi connectivity index (χ1v) is 8.05. The summed E-state index contributed by atoms with van der Waals surface area (Å²) in [5, 5.41) is 11.2. The Morgan fingerprint density at radius 3 is 2.72 bits per heavy atom.